The van der Waals surface area contributed by atoms with Crippen LogP contribution in [0.5, 0.6) is 5.88 Å². The second kappa shape index (κ2) is 10.2. The number of aromatic nitrogens is 1. The Hall–Kier alpha value is -1.00. The number of amides is 1. The van der Waals surface area contributed by atoms with Gasteiger partial charge in [-0.1, -0.05) is 11.6 Å². The molecule has 1 fully saturated rings. The number of rotatable bonds is 5. The van der Waals surface area contributed by atoms with Gasteiger partial charge in [0.15, 0.2) is 0 Å². The normalized spacial score (nSPS) is 19.6. The van der Waals surface area contributed by atoms with E-state index in [-0.39, 0.29) is 54.8 Å². The first-order valence-electron chi connectivity index (χ1n) is 6.82. The number of hydrogen-bond acceptors (Lipinski definition) is 5. The van der Waals surface area contributed by atoms with Gasteiger partial charge in [0.1, 0.15) is 11.6 Å². The molecule has 1 aliphatic heterocycles. The standard InChI is InChI=1S/C13H15ClF3N3O3.2ClH/c14-9-3-7(13(15,16)17)5-20-12(9)23-2-1-18-11(22)10-4-8(21)6-19-10;;/h3,5,8,10,19,21H,1-2,4,6H2,(H,18,22);2*1H. The number of ether oxygens (including phenoxy) is 1. The van der Waals surface area contributed by atoms with E-state index in [1.165, 1.54) is 0 Å². The lowest BCUT2D eigenvalue weighted by molar-refractivity contribution is -0.137. The van der Waals surface area contributed by atoms with E-state index in [1.807, 2.05) is 0 Å². The van der Waals surface area contributed by atoms with Gasteiger partial charge in [0, 0.05) is 12.7 Å². The first-order valence-corrected chi connectivity index (χ1v) is 7.20. The highest BCUT2D eigenvalue weighted by Gasteiger charge is 2.32. The number of nitrogens with zero attached hydrogens (tertiary/aromatic N) is 1. The van der Waals surface area contributed by atoms with E-state index in [4.69, 9.17) is 16.3 Å². The molecule has 2 unspecified atom stereocenters. The molecular weight excluding hydrogens is 410 g/mol. The molecule has 12 heteroatoms. The largest absolute Gasteiger partial charge is 0.475 e. The Labute approximate surface area is 159 Å². The van der Waals surface area contributed by atoms with Crippen LogP contribution in [0.3, 0.4) is 0 Å². The lowest BCUT2D eigenvalue weighted by Gasteiger charge is -2.12. The second-order valence-electron chi connectivity index (χ2n) is 5.00. The Morgan fingerprint density at radius 3 is 2.68 bits per heavy atom. The number of hydrogen-bond donors (Lipinski definition) is 3. The number of carbonyl (C=O) groups is 1. The summed E-state index contributed by atoms with van der Waals surface area (Å²) in [5, 5.41) is 14.5. The van der Waals surface area contributed by atoms with Gasteiger partial charge in [-0.05, 0) is 12.5 Å². The SMILES string of the molecule is Cl.Cl.O=C(NCCOc1ncc(C(F)(F)F)cc1Cl)C1CC(O)CN1. The number of nitrogens with one attached hydrogen (secondary N) is 2. The van der Waals surface area contributed by atoms with Crippen LogP contribution in [0.25, 0.3) is 0 Å². The zero-order chi connectivity index (χ0) is 17.0. The van der Waals surface area contributed by atoms with E-state index in [9.17, 15) is 23.1 Å². The van der Waals surface area contributed by atoms with Gasteiger partial charge >= 0.3 is 6.18 Å². The van der Waals surface area contributed by atoms with Crippen molar-refractivity contribution >= 4 is 42.3 Å². The highest BCUT2D eigenvalue weighted by atomic mass is 35.5. The van der Waals surface area contributed by atoms with Gasteiger partial charge in [0.05, 0.1) is 24.3 Å². The molecule has 2 heterocycles. The lowest BCUT2D eigenvalue weighted by atomic mass is 10.2. The third kappa shape index (κ3) is 7.02. The Kier molecular flexibility index (Phi) is 9.81. The van der Waals surface area contributed by atoms with Crippen molar-refractivity contribution in [3.05, 3.63) is 22.8 Å². The first-order chi connectivity index (χ1) is 10.8. The van der Waals surface area contributed by atoms with Crippen molar-refractivity contribution in [1.82, 2.24) is 15.6 Å². The van der Waals surface area contributed by atoms with Crippen LogP contribution in [-0.2, 0) is 11.0 Å². The maximum atomic E-state index is 12.5. The summed E-state index contributed by atoms with van der Waals surface area (Å²) in [5.41, 5.74) is -0.964. The summed E-state index contributed by atoms with van der Waals surface area (Å²) < 4.78 is 42.5. The molecule has 1 aromatic rings. The highest BCUT2D eigenvalue weighted by Crippen LogP contribution is 2.32. The molecule has 0 bridgehead atoms. The molecule has 25 heavy (non-hydrogen) atoms. The van der Waals surface area contributed by atoms with Gasteiger partial charge in [-0.3, -0.25) is 4.79 Å². The zero-order valence-corrected chi connectivity index (χ0v) is 15.1. The number of alkyl halides is 3. The van der Waals surface area contributed by atoms with Gasteiger partial charge in [0.25, 0.3) is 0 Å². The zero-order valence-electron chi connectivity index (χ0n) is 12.7. The minimum atomic E-state index is -4.53. The monoisotopic (exact) mass is 425 g/mol. The molecule has 0 radical (unpaired) electrons. The third-order valence-electron chi connectivity index (χ3n) is 3.20. The number of halogens is 6. The lowest BCUT2D eigenvalue weighted by Crippen LogP contribution is -2.41. The summed E-state index contributed by atoms with van der Waals surface area (Å²) >= 11 is 5.68. The second-order valence-corrected chi connectivity index (χ2v) is 5.41. The van der Waals surface area contributed by atoms with Crippen molar-refractivity contribution in [3.8, 4) is 5.88 Å². The number of carbonyl (C=O) groups excluding carboxylic acids is 1. The van der Waals surface area contributed by atoms with Gasteiger partial charge < -0.3 is 20.5 Å². The molecule has 2 atom stereocenters. The predicted molar refractivity (Wildman–Crippen MR) is 89.7 cm³/mol. The van der Waals surface area contributed by atoms with Crippen LogP contribution in [0.15, 0.2) is 12.3 Å². The Morgan fingerprint density at radius 2 is 2.16 bits per heavy atom. The molecule has 3 N–H and O–H groups in total. The molecule has 0 aromatic carbocycles. The highest BCUT2D eigenvalue weighted by molar-refractivity contribution is 6.31. The fourth-order valence-corrected chi connectivity index (χ4v) is 2.27. The molecule has 144 valence electrons. The summed E-state index contributed by atoms with van der Waals surface area (Å²) in [5.74, 6) is -0.417. The van der Waals surface area contributed by atoms with Crippen LogP contribution in [0.2, 0.25) is 5.02 Å². The van der Waals surface area contributed by atoms with E-state index in [2.05, 4.69) is 15.6 Å². The minimum Gasteiger partial charge on any atom is -0.475 e. The molecule has 0 aliphatic carbocycles. The molecule has 6 nitrogen and oxygen atoms in total. The van der Waals surface area contributed by atoms with Gasteiger partial charge in [-0.25, -0.2) is 4.98 Å². The summed E-state index contributed by atoms with van der Waals surface area (Å²) in [7, 11) is 0. The van der Waals surface area contributed by atoms with Crippen LogP contribution in [0, 0.1) is 0 Å². The van der Waals surface area contributed by atoms with Gasteiger partial charge in [-0.2, -0.15) is 13.2 Å². The van der Waals surface area contributed by atoms with E-state index >= 15 is 0 Å². The topological polar surface area (TPSA) is 83.5 Å². The molecular formula is C13H17Cl3F3N3O3. The maximum Gasteiger partial charge on any atom is 0.417 e. The number of aliphatic hydroxyl groups excluding tert-OH is 1. The minimum absolute atomic E-state index is 0. The fraction of sp³-hybridized carbons (Fsp3) is 0.538. The van der Waals surface area contributed by atoms with Crippen LogP contribution in [0.1, 0.15) is 12.0 Å². The van der Waals surface area contributed by atoms with E-state index in [1.54, 1.807) is 0 Å². The number of aliphatic hydroxyl groups is 1. The predicted octanol–water partition coefficient (Wildman–Crippen LogP) is 1.82. The third-order valence-corrected chi connectivity index (χ3v) is 3.47. The Bertz CT molecular complexity index is 578. The van der Waals surface area contributed by atoms with Crippen molar-refractivity contribution in [1.29, 1.82) is 0 Å². The van der Waals surface area contributed by atoms with E-state index < -0.39 is 23.9 Å². The number of β-amino-alcohol motifs (C(OH)–C–C–N with tert-alkyl or cyclic N) is 1. The van der Waals surface area contributed by atoms with Crippen molar-refractivity contribution in [2.24, 2.45) is 0 Å². The summed E-state index contributed by atoms with van der Waals surface area (Å²) in [6.07, 6.45) is -4.11. The fourth-order valence-electron chi connectivity index (χ4n) is 2.05. The average molecular weight is 427 g/mol. The quantitative estimate of drug-likeness (QED) is 0.626. The van der Waals surface area contributed by atoms with Crippen LogP contribution >= 0.6 is 36.4 Å². The van der Waals surface area contributed by atoms with Crippen LogP contribution in [-0.4, -0.2) is 47.8 Å². The molecule has 1 aromatic heterocycles. The molecule has 2 rings (SSSR count). The van der Waals surface area contributed by atoms with Crippen LogP contribution in [0.4, 0.5) is 13.2 Å². The Balaban J connectivity index is 0.00000288. The molecule has 0 saturated carbocycles. The summed E-state index contributed by atoms with van der Waals surface area (Å²) in [4.78, 5) is 15.2. The molecule has 1 saturated heterocycles. The van der Waals surface area contributed by atoms with E-state index in [0.717, 1.165) is 6.07 Å². The smallest absolute Gasteiger partial charge is 0.417 e. The van der Waals surface area contributed by atoms with Gasteiger partial charge in [-0.15, -0.1) is 24.8 Å². The van der Waals surface area contributed by atoms with Gasteiger partial charge in [0.2, 0.25) is 11.8 Å². The molecule has 1 amide bonds. The maximum absolute atomic E-state index is 12.5. The average Bonchev–Trinajstić information content (AvgIpc) is 2.90. The molecule has 0 spiro atoms. The van der Waals surface area contributed by atoms with Crippen LogP contribution < -0.4 is 15.4 Å². The van der Waals surface area contributed by atoms with Crippen molar-refractivity contribution < 1.29 is 27.8 Å². The first kappa shape index (κ1) is 24.0. The van der Waals surface area contributed by atoms with E-state index in [0.29, 0.717) is 19.2 Å². The summed E-state index contributed by atoms with van der Waals surface area (Å²) in [6, 6.07) is 0.268. The van der Waals surface area contributed by atoms with Crippen molar-refractivity contribution in [2.75, 3.05) is 19.7 Å². The molecule has 1 aliphatic rings. The Morgan fingerprint density at radius 1 is 1.48 bits per heavy atom. The van der Waals surface area contributed by atoms with Crippen molar-refractivity contribution in [2.45, 2.75) is 24.7 Å². The van der Waals surface area contributed by atoms with Crippen molar-refractivity contribution in [3.63, 3.8) is 0 Å². The number of pyridine rings is 1. The summed E-state index contributed by atoms with van der Waals surface area (Å²) in [6.45, 7) is 0.491.